The molecule has 0 bridgehead atoms. The van der Waals surface area contributed by atoms with Gasteiger partial charge in [-0.25, -0.2) is 0 Å². The van der Waals surface area contributed by atoms with E-state index in [2.05, 4.69) is 23.7 Å². The summed E-state index contributed by atoms with van der Waals surface area (Å²) >= 11 is 0. The second kappa shape index (κ2) is 12.6. The van der Waals surface area contributed by atoms with Crippen molar-refractivity contribution in [1.29, 1.82) is 0 Å². The van der Waals surface area contributed by atoms with Crippen molar-refractivity contribution in [2.45, 2.75) is 44.9 Å². The minimum absolute atomic E-state index is 0.0208. The second-order valence-electron chi connectivity index (χ2n) is 8.90. The number of aliphatic hydroxyl groups excluding tert-OH is 1. The van der Waals surface area contributed by atoms with E-state index >= 15 is 0 Å². The minimum atomic E-state index is -1.02. The van der Waals surface area contributed by atoms with E-state index < -0.39 is 12.3 Å². The Balaban J connectivity index is 1.83. The third-order valence-corrected chi connectivity index (χ3v) is 6.06. The number of rotatable bonds is 11. The lowest BCUT2D eigenvalue weighted by Crippen LogP contribution is -2.43. The fourth-order valence-electron chi connectivity index (χ4n) is 4.14. The van der Waals surface area contributed by atoms with Crippen molar-refractivity contribution in [3.8, 4) is 0 Å². The molecule has 1 heterocycles. The molecule has 8 heteroatoms. The zero-order valence-corrected chi connectivity index (χ0v) is 20.2. The summed E-state index contributed by atoms with van der Waals surface area (Å²) < 4.78 is 12.8. The molecule has 0 unspecified atom stereocenters. The van der Waals surface area contributed by atoms with Crippen molar-refractivity contribution in [3.63, 3.8) is 0 Å². The number of nitrogens with zero attached hydrogens (tertiary/aromatic N) is 1. The van der Waals surface area contributed by atoms with Crippen molar-refractivity contribution in [2.75, 3.05) is 25.5 Å². The third-order valence-electron chi connectivity index (χ3n) is 6.06. The van der Waals surface area contributed by atoms with Crippen LogP contribution in [0.15, 0.2) is 61.2 Å². The number of hydrogen-bond acceptors (Lipinski definition) is 6. The molecule has 35 heavy (non-hydrogen) atoms. The van der Waals surface area contributed by atoms with Gasteiger partial charge in [0.1, 0.15) is 0 Å². The molecule has 8 nitrogen and oxygen atoms in total. The summed E-state index contributed by atoms with van der Waals surface area (Å²) in [7, 11) is 2.01. The molecule has 0 aromatic heterocycles. The molecule has 2 aromatic rings. The molecule has 188 valence electrons. The number of carboxylic acid groups (broad SMARTS) is 1. The van der Waals surface area contributed by atoms with Crippen LogP contribution in [-0.4, -0.2) is 53.2 Å². The maximum Gasteiger partial charge on any atom is 0.303 e. The van der Waals surface area contributed by atoms with Crippen LogP contribution < -0.4 is 5.32 Å². The van der Waals surface area contributed by atoms with Gasteiger partial charge in [-0.3, -0.25) is 9.59 Å². The highest BCUT2D eigenvalue weighted by Crippen LogP contribution is 2.42. The number of ether oxygens (including phenoxy) is 2. The minimum Gasteiger partial charge on any atom is -0.481 e. The largest absolute Gasteiger partial charge is 0.481 e. The fraction of sp³-hybridized carbons (Fsp3) is 0.407. The van der Waals surface area contributed by atoms with E-state index in [1.54, 1.807) is 18.2 Å². The van der Waals surface area contributed by atoms with Gasteiger partial charge in [0, 0.05) is 36.7 Å². The first-order valence-corrected chi connectivity index (χ1v) is 11.7. The van der Waals surface area contributed by atoms with Gasteiger partial charge in [0.25, 0.3) is 0 Å². The number of amides is 1. The zero-order valence-electron chi connectivity index (χ0n) is 20.2. The number of carbonyl (C=O) groups is 2. The number of aliphatic carboxylic acids is 1. The van der Waals surface area contributed by atoms with Crippen LogP contribution in [0.5, 0.6) is 0 Å². The molecule has 1 saturated heterocycles. The lowest BCUT2D eigenvalue weighted by atomic mass is 9.90. The number of hydrogen-bond donors (Lipinski definition) is 3. The predicted molar refractivity (Wildman–Crippen MR) is 133 cm³/mol. The summed E-state index contributed by atoms with van der Waals surface area (Å²) in [5.74, 6) is -1.33. The summed E-state index contributed by atoms with van der Waals surface area (Å²) in [6.45, 7) is 7.31. The summed E-state index contributed by atoms with van der Waals surface area (Å²) in [4.78, 5) is 25.0. The van der Waals surface area contributed by atoms with Gasteiger partial charge < -0.3 is 29.9 Å². The van der Waals surface area contributed by atoms with E-state index in [0.717, 1.165) is 23.2 Å². The molecule has 1 amide bonds. The molecule has 1 fully saturated rings. The molecule has 3 rings (SSSR count). The van der Waals surface area contributed by atoms with Gasteiger partial charge in [0.2, 0.25) is 5.91 Å². The Hall–Kier alpha value is -3.04. The van der Waals surface area contributed by atoms with Crippen LogP contribution in [0, 0.1) is 5.92 Å². The number of nitrogens with one attached hydrogen (secondary N) is 1. The van der Waals surface area contributed by atoms with Gasteiger partial charge in [0.15, 0.2) is 6.29 Å². The Morgan fingerprint density at radius 3 is 2.51 bits per heavy atom. The van der Waals surface area contributed by atoms with Crippen LogP contribution >= 0.6 is 0 Å². The third kappa shape index (κ3) is 7.47. The summed E-state index contributed by atoms with van der Waals surface area (Å²) in [6, 6.07) is 14.9. The van der Waals surface area contributed by atoms with E-state index in [0.29, 0.717) is 12.2 Å². The Morgan fingerprint density at radius 2 is 1.86 bits per heavy atom. The number of likely N-dealkylation sites (N-methyl/N-ethyl adjacent to an activating group) is 1. The van der Waals surface area contributed by atoms with Crippen LogP contribution in [0.2, 0.25) is 0 Å². The Kier molecular flexibility index (Phi) is 9.56. The standard InChI is InChI=1S/C27H34N2O6/c1-4-14-29(3)16-23-18(2)26(20-10-8-19(17-30)9-11-20)35-27(34-23)21-6-5-7-22(15-21)28-24(31)12-13-25(32)33/h4-11,15,18,23,26-27,30H,1,12-14,16-17H2,2-3H3,(H,28,31)(H,32,33)/t18-,23+,26+,27+/m1/s1. The summed E-state index contributed by atoms with van der Waals surface area (Å²) in [6.07, 6.45) is 0.494. The van der Waals surface area contributed by atoms with Crippen molar-refractivity contribution >= 4 is 17.6 Å². The highest BCUT2D eigenvalue weighted by molar-refractivity contribution is 5.92. The molecule has 1 aliphatic heterocycles. The quantitative estimate of drug-likeness (QED) is 0.417. The number of carboxylic acids is 1. The normalized spacial score (nSPS) is 22.1. The van der Waals surface area contributed by atoms with E-state index in [1.165, 1.54) is 0 Å². The van der Waals surface area contributed by atoms with Crippen LogP contribution in [0.1, 0.15) is 48.8 Å². The monoisotopic (exact) mass is 482 g/mol. The van der Waals surface area contributed by atoms with Crippen LogP contribution in [0.25, 0.3) is 0 Å². The Bertz CT molecular complexity index is 1010. The van der Waals surface area contributed by atoms with E-state index in [9.17, 15) is 14.7 Å². The first-order valence-electron chi connectivity index (χ1n) is 11.7. The fourth-order valence-corrected chi connectivity index (χ4v) is 4.14. The first-order chi connectivity index (χ1) is 16.8. The van der Waals surface area contributed by atoms with Crippen LogP contribution in [-0.2, 0) is 25.7 Å². The topological polar surface area (TPSA) is 108 Å². The maximum absolute atomic E-state index is 12.1. The van der Waals surface area contributed by atoms with E-state index in [-0.39, 0.29) is 43.5 Å². The number of anilines is 1. The number of aliphatic hydroxyl groups is 1. The highest BCUT2D eigenvalue weighted by Gasteiger charge is 2.38. The average Bonchev–Trinajstić information content (AvgIpc) is 2.84. The molecule has 4 atom stereocenters. The second-order valence-corrected chi connectivity index (χ2v) is 8.90. The van der Waals surface area contributed by atoms with Gasteiger partial charge in [-0.05, 0) is 30.3 Å². The summed E-state index contributed by atoms with van der Waals surface area (Å²) in [5.41, 5.74) is 3.13. The average molecular weight is 483 g/mol. The lowest BCUT2D eigenvalue weighted by molar-refractivity contribution is -0.275. The summed E-state index contributed by atoms with van der Waals surface area (Å²) in [5, 5.41) is 20.9. The Morgan fingerprint density at radius 1 is 1.11 bits per heavy atom. The van der Waals surface area contributed by atoms with Gasteiger partial charge in [-0.1, -0.05) is 49.4 Å². The van der Waals surface area contributed by atoms with Crippen LogP contribution in [0.3, 0.4) is 0 Å². The molecular formula is C27H34N2O6. The molecular weight excluding hydrogens is 448 g/mol. The highest BCUT2D eigenvalue weighted by atomic mass is 16.7. The van der Waals surface area contributed by atoms with Crippen molar-refractivity contribution in [2.24, 2.45) is 5.92 Å². The SMILES string of the molecule is C=CCN(C)C[C@@H]1O[C@H](c2cccc(NC(=O)CCC(=O)O)c2)O[C@H](c2ccc(CO)cc2)[C@@H]1C. The molecule has 0 aliphatic carbocycles. The maximum atomic E-state index is 12.1. The van der Waals surface area contributed by atoms with Crippen LogP contribution in [0.4, 0.5) is 5.69 Å². The Labute approximate surface area is 206 Å². The van der Waals surface area contributed by atoms with E-state index in [4.69, 9.17) is 14.6 Å². The zero-order chi connectivity index (χ0) is 25.4. The molecule has 0 spiro atoms. The smallest absolute Gasteiger partial charge is 0.303 e. The van der Waals surface area contributed by atoms with Crippen molar-refractivity contribution < 1.29 is 29.3 Å². The van der Waals surface area contributed by atoms with Gasteiger partial charge in [-0.2, -0.15) is 0 Å². The van der Waals surface area contributed by atoms with Gasteiger partial charge in [0.05, 0.1) is 25.2 Å². The molecule has 0 saturated carbocycles. The number of carbonyl (C=O) groups excluding carboxylic acids is 1. The molecule has 1 aliphatic rings. The van der Waals surface area contributed by atoms with Gasteiger partial charge >= 0.3 is 5.97 Å². The molecule has 0 radical (unpaired) electrons. The first kappa shape index (κ1) is 26.6. The van der Waals surface area contributed by atoms with Crippen molar-refractivity contribution in [1.82, 2.24) is 4.90 Å². The lowest BCUT2D eigenvalue weighted by Gasteiger charge is -2.42. The van der Waals surface area contributed by atoms with Gasteiger partial charge in [-0.15, -0.1) is 6.58 Å². The van der Waals surface area contributed by atoms with Crippen molar-refractivity contribution in [3.05, 3.63) is 77.9 Å². The molecule has 2 aromatic carbocycles. The molecule has 3 N–H and O–H groups in total. The predicted octanol–water partition coefficient (Wildman–Crippen LogP) is 3.89. The van der Waals surface area contributed by atoms with E-state index in [1.807, 2.05) is 43.5 Å². The number of benzene rings is 2.